The quantitative estimate of drug-likeness (QED) is 0.798. The number of aliphatic hydroxyl groups excluding tert-OH is 1. The highest BCUT2D eigenvalue weighted by atomic mass is 35.5. The Morgan fingerprint density at radius 2 is 1.95 bits per heavy atom. The van der Waals surface area contributed by atoms with E-state index in [1.807, 2.05) is 12.1 Å². The lowest BCUT2D eigenvalue weighted by atomic mass is 10.1. The van der Waals surface area contributed by atoms with Gasteiger partial charge >= 0.3 is 0 Å². The zero-order valence-electron chi connectivity index (χ0n) is 11.4. The van der Waals surface area contributed by atoms with Gasteiger partial charge in [0.2, 0.25) is 0 Å². The molecule has 22 heavy (non-hydrogen) atoms. The van der Waals surface area contributed by atoms with Crippen molar-refractivity contribution in [1.82, 2.24) is 9.78 Å². The number of hydrogen-bond donors (Lipinski definition) is 1. The van der Waals surface area contributed by atoms with Gasteiger partial charge in [0.25, 0.3) is 5.56 Å². The first kappa shape index (κ1) is 15.0. The Kier molecular flexibility index (Phi) is 4.16. The second-order valence-electron chi connectivity index (χ2n) is 4.90. The maximum absolute atomic E-state index is 12.4. The van der Waals surface area contributed by atoms with Gasteiger partial charge in [-0.2, -0.15) is 5.10 Å². The molecular weight excluding hydrogens is 323 g/mol. The van der Waals surface area contributed by atoms with Gasteiger partial charge < -0.3 is 5.11 Å². The van der Waals surface area contributed by atoms with E-state index in [4.69, 9.17) is 23.2 Å². The average Bonchev–Trinajstić information content (AvgIpc) is 2.50. The lowest BCUT2D eigenvalue weighted by Crippen LogP contribution is -2.25. The van der Waals surface area contributed by atoms with Crippen LogP contribution in [0.3, 0.4) is 0 Å². The summed E-state index contributed by atoms with van der Waals surface area (Å²) in [6, 6.07) is 12.0. The summed E-state index contributed by atoms with van der Waals surface area (Å²) >= 11 is 11.9. The highest BCUT2D eigenvalue weighted by Crippen LogP contribution is 2.26. The minimum atomic E-state index is -0.948. The first-order valence-electron chi connectivity index (χ1n) is 6.64. The summed E-state index contributed by atoms with van der Waals surface area (Å²) in [4.78, 5) is 12.4. The van der Waals surface area contributed by atoms with E-state index in [9.17, 15) is 9.90 Å². The van der Waals surface area contributed by atoms with E-state index in [0.29, 0.717) is 21.0 Å². The van der Waals surface area contributed by atoms with Gasteiger partial charge in [-0.15, -0.1) is 0 Å². The zero-order valence-corrected chi connectivity index (χ0v) is 12.9. The van der Waals surface area contributed by atoms with E-state index < -0.39 is 6.10 Å². The molecule has 1 atom stereocenters. The average molecular weight is 335 g/mol. The van der Waals surface area contributed by atoms with Crippen molar-refractivity contribution < 1.29 is 5.11 Å². The van der Waals surface area contributed by atoms with Crippen LogP contribution in [0.15, 0.2) is 53.5 Å². The SMILES string of the molecule is O=c1c2ccccc2cnn1CC(O)c1ccc(Cl)cc1Cl. The number of benzene rings is 2. The molecular formula is C16H12Cl2N2O2. The Labute approximate surface area is 136 Å². The molecule has 4 nitrogen and oxygen atoms in total. The first-order valence-corrected chi connectivity index (χ1v) is 7.40. The van der Waals surface area contributed by atoms with Crippen LogP contribution in [-0.2, 0) is 6.54 Å². The standard InChI is InChI=1S/C16H12Cl2N2O2/c17-11-5-6-13(14(18)7-11)15(21)9-20-16(22)12-4-2-1-3-10(12)8-19-20/h1-8,15,21H,9H2. The van der Waals surface area contributed by atoms with Gasteiger partial charge in [-0.1, -0.05) is 47.5 Å². The van der Waals surface area contributed by atoms with Crippen LogP contribution >= 0.6 is 23.2 Å². The monoisotopic (exact) mass is 334 g/mol. The smallest absolute Gasteiger partial charge is 0.274 e. The van der Waals surface area contributed by atoms with Crippen molar-refractivity contribution in [1.29, 1.82) is 0 Å². The molecule has 0 radical (unpaired) electrons. The largest absolute Gasteiger partial charge is 0.386 e. The number of aliphatic hydroxyl groups is 1. The molecule has 0 saturated heterocycles. The minimum absolute atomic E-state index is 0.0189. The molecule has 1 unspecified atom stereocenters. The van der Waals surface area contributed by atoms with Gasteiger partial charge in [0.05, 0.1) is 18.1 Å². The van der Waals surface area contributed by atoms with Crippen LogP contribution in [-0.4, -0.2) is 14.9 Å². The highest BCUT2D eigenvalue weighted by Gasteiger charge is 2.14. The van der Waals surface area contributed by atoms with Crippen molar-refractivity contribution in [2.75, 3.05) is 0 Å². The van der Waals surface area contributed by atoms with Crippen LogP contribution in [0, 0.1) is 0 Å². The molecule has 1 heterocycles. The molecule has 112 valence electrons. The molecule has 0 saturated carbocycles. The summed E-state index contributed by atoms with van der Waals surface area (Å²) in [5.74, 6) is 0. The van der Waals surface area contributed by atoms with Crippen molar-refractivity contribution in [3.05, 3.63) is 74.6 Å². The van der Waals surface area contributed by atoms with Crippen molar-refractivity contribution in [3.63, 3.8) is 0 Å². The Morgan fingerprint density at radius 1 is 1.18 bits per heavy atom. The molecule has 1 aromatic heterocycles. The normalized spacial score (nSPS) is 12.5. The summed E-state index contributed by atoms with van der Waals surface area (Å²) in [5.41, 5.74) is 0.259. The number of fused-ring (bicyclic) bond motifs is 1. The van der Waals surface area contributed by atoms with Gasteiger partial charge in [-0.25, -0.2) is 4.68 Å². The maximum atomic E-state index is 12.4. The predicted octanol–water partition coefficient (Wildman–Crippen LogP) is 3.44. The van der Waals surface area contributed by atoms with Gasteiger partial charge in [0.15, 0.2) is 0 Å². The molecule has 1 N–H and O–H groups in total. The Morgan fingerprint density at radius 3 is 2.73 bits per heavy atom. The molecule has 3 aromatic rings. The molecule has 3 rings (SSSR count). The molecule has 0 aliphatic carbocycles. The Bertz CT molecular complexity index is 893. The van der Waals surface area contributed by atoms with Gasteiger partial charge in [0.1, 0.15) is 6.10 Å². The maximum Gasteiger partial charge on any atom is 0.274 e. The van der Waals surface area contributed by atoms with E-state index in [1.54, 1.807) is 36.5 Å². The minimum Gasteiger partial charge on any atom is -0.386 e. The topological polar surface area (TPSA) is 55.1 Å². The molecule has 0 aliphatic heterocycles. The number of nitrogens with zero attached hydrogens (tertiary/aromatic N) is 2. The molecule has 6 heteroatoms. The molecule has 0 spiro atoms. The fourth-order valence-corrected chi connectivity index (χ4v) is 2.83. The lowest BCUT2D eigenvalue weighted by Gasteiger charge is -2.14. The number of aromatic nitrogens is 2. The van der Waals surface area contributed by atoms with Gasteiger partial charge in [-0.05, 0) is 18.2 Å². The van der Waals surface area contributed by atoms with Gasteiger partial charge in [-0.3, -0.25) is 4.79 Å². The fourth-order valence-electron chi connectivity index (χ4n) is 2.29. The number of rotatable bonds is 3. The van der Waals surface area contributed by atoms with Gasteiger partial charge in [0, 0.05) is 21.0 Å². The second-order valence-corrected chi connectivity index (χ2v) is 5.74. The van der Waals surface area contributed by atoms with Crippen LogP contribution in [0.2, 0.25) is 10.0 Å². The molecule has 0 bridgehead atoms. The highest BCUT2D eigenvalue weighted by molar-refractivity contribution is 6.35. The molecule has 0 aliphatic rings. The van der Waals surface area contributed by atoms with Crippen LogP contribution in [0.1, 0.15) is 11.7 Å². The molecule has 0 amide bonds. The fraction of sp³-hybridized carbons (Fsp3) is 0.125. The van der Waals surface area contributed by atoms with Crippen molar-refractivity contribution in [3.8, 4) is 0 Å². The summed E-state index contributed by atoms with van der Waals surface area (Å²) in [7, 11) is 0. The third-order valence-corrected chi connectivity index (χ3v) is 3.99. The number of halogens is 2. The van der Waals surface area contributed by atoms with E-state index in [0.717, 1.165) is 5.39 Å². The van der Waals surface area contributed by atoms with Crippen LogP contribution in [0.4, 0.5) is 0 Å². The Balaban J connectivity index is 1.96. The first-order chi connectivity index (χ1) is 10.6. The van der Waals surface area contributed by atoms with Crippen LogP contribution in [0.5, 0.6) is 0 Å². The Hall–Kier alpha value is -1.88. The van der Waals surface area contributed by atoms with Crippen molar-refractivity contribution in [2.24, 2.45) is 0 Å². The molecule has 0 fully saturated rings. The third kappa shape index (κ3) is 2.86. The van der Waals surface area contributed by atoms with E-state index in [1.165, 1.54) is 4.68 Å². The van der Waals surface area contributed by atoms with Crippen LogP contribution < -0.4 is 5.56 Å². The number of hydrogen-bond acceptors (Lipinski definition) is 3. The predicted molar refractivity (Wildman–Crippen MR) is 87.4 cm³/mol. The summed E-state index contributed by atoms with van der Waals surface area (Å²) in [5, 5.41) is 16.6. The van der Waals surface area contributed by atoms with E-state index in [-0.39, 0.29) is 12.1 Å². The van der Waals surface area contributed by atoms with E-state index >= 15 is 0 Å². The van der Waals surface area contributed by atoms with Crippen molar-refractivity contribution in [2.45, 2.75) is 12.6 Å². The zero-order chi connectivity index (χ0) is 15.7. The second kappa shape index (κ2) is 6.08. The van der Waals surface area contributed by atoms with E-state index in [2.05, 4.69) is 5.10 Å². The summed E-state index contributed by atoms with van der Waals surface area (Å²) in [6.07, 6.45) is 0.656. The van der Waals surface area contributed by atoms with Crippen LogP contribution in [0.25, 0.3) is 10.8 Å². The third-order valence-electron chi connectivity index (χ3n) is 3.43. The summed E-state index contributed by atoms with van der Waals surface area (Å²) < 4.78 is 1.23. The lowest BCUT2D eigenvalue weighted by molar-refractivity contribution is 0.149. The van der Waals surface area contributed by atoms with Crippen molar-refractivity contribution >= 4 is 34.0 Å². The summed E-state index contributed by atoms with van der Waals surface area (Å²) in [6.45, 7) is 0.0189. The molecule has 2 aromatic carbocycles.